The summed E-state index contributed by atoms with van der Waals surface area (Å²) in [5.74, 6) is -0.710. The first-order chi connectivity index (χ1) is 8.69. The van der Waals surface area contributed by atoms with E-state index in [9.17, 15) is 9.18 Å². The zero-order valence-corrected chi connectivity index (χ0v) is 10.6. The van der Waals surface area contributed by atoms with E-state index in [-0.39, 0.29) is 11.8 Å². The number of methoxy groups -OCH3 is 1. The second-order valence-corrected chi connectivity index (χ2v) is 3.68. The van der Waals surface area contributed by atoms with E-state index in [1.54, 1.807) is 26.2 Å². The van der Waals surface area contributed by atoms with Crippen LogP contribution in [0.2, 0.25) is 0 Å². The Labute approximate surface area is 106 Å². The predicted molar refractivity (Wildman–Crippen MR) is 65.7 cm³/mol. The number of ether oxygens (including phenoxy) is 2. The maximum absolute atomic E-state index is 12.8. The largest absolute Gasteiger partial charge is 0.465 e. The average molecular weight is 255 g/mol. The van der Waals surface area contributed by atoms with Crippen molar-refractivity contribution in [1.29, 1.82) is 0 Å². The van der Waals surface area contributed by atoms with E-state index in [0.717, 1.165) is 0 Å². The Bertz CT molecular complexity index is 367. The molecule has 0 aliphatic carbocycles. The number of halogens is 1. The number of rotatable bonds is 7. The molecule has 0 radical (unpaired) electrons. The molecule has 0 amide bonds. The van der Waals surface area contributed by atoms with Crippen molar-refractivity contribution in [3.05, 3.63) is 35.6 Å². The first-order valence-corrected chi connectivity index (χ1v) is 5.83. The molecule has 0 saturated heterocycles. The van der Waals surface area contributed by atoms with Gasteiger partial charge in [0.15, 0.2) is 0 Å². The quantitative estimate of drug-likeness (QED) is 0.594. The standard InChI is InChI=1S/C13H18FNO3/c1-3-18-13(16)12(15-8-9-17-2)10-4-6-11(14)7-5-10/h4-7,12,15H,3,8-9H2,1-2H3. The van der Waals surface area contributed by atoms with E-state index in [1.807, 2.05) is 0 Å². The fourth-order valence-corrected chi connectivity index (χ4v) is 1.52. The molecule has 100 valence electrons. The third-order valence-electron chi connectivity index (χ3n) is 2.38. The Kier molecular flexibility index (Phi) is 6.32. The third-order valence-corrected chi connectivity index (χ3v) is 2.38. The van der Waals surface area contributed by atoms with Crippen LogP contribution in [0.5, 0.6) is 0 Å². The number of esters is 1. The molecule has 0 heterocycles. The molecule has 0 spiro atoms. The molecule has 0 fully saturated rings. The minimum Gasteiger partial charge on any atom is -0.465 e. The van der Waals surface area contributed by atoms with E-state index in [1.165, 1.54) is 12.1 Å². The van der Waals surface area contributed by atoms with Gasteiger partial charge in [0.1, 0.15) is 11.9 Å². The van der Waals surface area contributed by atoms with Crippen LogP contribution in [-0.2, 0) is 14.3 Å². The minimum absolute atomic E-state index is 0.308. The summed E-state index contributed by atoms with van der Waals surface area (Å²) in [6.45, 7) is 3.05. The Morgan fingerprint density at radius 1 is 1.39 bits per heavy atom. The van der Waals surface area contributed by atoms with Crippen molar-refractivity contribution in [2.45, 2.75) is 13.0 Å². The zero-order valence-electron chi connectivity index (χ0n) is 10.6. The highest BCUT2D eigenvalue weighted by Crippen LogP contribution is 2.15. The monoisotopic (exact) mass is 255 g/mol. The molecule has 0 aliphatic rings. The summed E-state index contributed by atoms with van der Waals surface area (Å²) in [7, 11) is 1.58. The van der Waals surface area contributed by atoms with Crippen LogP contribution in [0.25, 0.3) is 0 Å². The van der Waals surface area contributed by atoms with Gasteiger partial charge in [-0.15, -0.1) is 0 Å². The van der Waals surface area contributed by atoms with E-state index in [4.69, 9.17) is 9.47 Å². The first kappa shape index (κ1) is 14.6. The lowest BCUT2D eigenvalue weighted by Crippen LogP contribution is -2.32. The maximum Gasteiger partial charge on any atom is 0.327 e. The van der Waals surface area contributed by atoms with Gasteiger partial charge in [-0.05, 0) is 24.6 Å². The number of carbonyl (C=O) groups is 1. The van der Waals surface area contributed by atoms with Crippen LogP contribution in [0, 0.1) is 5.82 Å². The van der Waals surface area contributed by atoms with E-state index >= 15 is 0 Å². The van der Waals surface area contributed by atoms with Crippen molar-refractivity contribution in [3.8, 4) is 0 Å². The molecule has 0 aromatic heterocycles. The zero-order chi connectivity index (χ0) is 13.4. The van der Waals surface area contributed by atoms with Gasteiger partial charge < -0.3 is 9.47 Å². The van der Waals surface area contributed by atoms with Gasteiger partial charge in [-0.25, -0.2) is 9.18 Å². The van der Waals surface area contributed by atoms with Gasteiger partial charge in [0.25, 0.3) is 0 Å². The van der Waals surface area contributed by atoms with E-state index in [2.05, 4.69) is 5.32 Å². The molecule has 1 unspecified atom stereocenters. The van der Waals surface area contributed by atoms with Gasteiger partial charge in [-0.2, -0.15) is 0 Å². The molecule has 1 N–H and O–H groups in total. The van der Waals surface area contributed by atoms with Crippen LogP contribution >= 0.6 is 0 Å². The molecule has 18 heavy (non-hydrogen) atoms. The van der Waals surface area contributed by atoms with Gasteiger partial charge in [0, 0.05) is 13.7 Å². The van der Waals surface area contributed by atoms with Crippen molar-refractivity contribution in [2.75, 3.05) is 26.9 Å². The summed E-state index contributed by atoms with van der Waals surface area (Å²) in [6, 6.07) is 5.17. The van der Waals surface area contributed by atoms with Crippen molar-refractivity contribution in [2.24, 2.45) is 0 Å². The Hall–Kier alpha value is -1.46. The number of benzene rings is 1. The number of carbonyl (C=O) groups excluding carboxylic acids is 1. The topological polar surface area (TPSA) is 47.6 Å². The van der Waals surface area contributed by atoms with Crippen LogP contribution in [-0.4, -0.2) is 32.8 Å². The molecular formula is C13H18FNO3. The molecule has 5 heteroatoms. The van der Waals surface area contributed by atoms with Gasteiger partial charge in [-0.3, -0.25) is 5.32 Å². The van der Waals surface area contributed by atoms with E-state index < -0.39 is 6.04 Å². The summed E-state index contributed by atoms with van der Waals surface area (Å²) in [5, 5.41) is 3.02. The van der Waals surface area contributed by atoms with Gasteiger partial charge in [0.2, 0.25) is 0 Å². The van der Waals surface area contributed by atoms with Crippen LogP contribution in [0.1, 0.15) is 18.5 Å². The summed E-state index contributed by atoms with van der Waals surface area (Å²) in [4.78, 5) is 11.8. The molecule has 1 aromatic rings. The lowest BCUT2D eigenvalue weighted by Gasteiger charge is -2.17. The first-order valence-electron chi connectivity index (χ1n) is 5.83. The number of hydrogen-bond acceptors (Lipinski definition) is 4. The molecule has 1 atom stereocenters. The Morgan fingerprint density at radius 3 is 2.61 bits per heavy atom. The summed E-state index contributed by atoms with van der Waals surface area (Å²) < 4.78 is 22.7. The molecule has 4 nitrogen and oxygen atoms in total. The van der Waals surface area contributed by atoms with E-state index in [0.29, 0.717) is 25.3 Å². The smallest absolute Gasteiger partial charge is 0.327 e. The summed E-state index contributed by atoms with van der Waals surface area (Å²) >= 11 is 0. The third kappa shape index (κ3) is 4.43. The van der Waals surface area contributed by atoms with Crippen LogP contribution in [0.15, 0.2) is 24.3 Å². The second kappa shape index (κ2) is 7.79. The lowest BCUT2D eigenvalue weighted by molar-refractivity contribution is -0.145. The minimum atomic E-state index is -0.597. The number of nitrogens with one attached hydrogen (secondary N) is 1. The SMILES string of the molecule is CCOC(=O)C(NCCOC)c1ccc(F)cc1. The van der Waals surface area contributed by atoms with Gasteiger partial charge in [0.05, 0.1) is 13.2 Å². The van der Waals surface area contributed by atoms with Gasteiger partial charge >= 0.3 is 5.97 Å². The highest BCUT2D eigenvalue weighted by Gasteiger charge is 2.21. The van der Waals surface area contributed by atoms with Crippen LogP contribution in [0.4, 0.5) is 4.39 Å². The van der Waals surface area contributed by atoms with Crippen molar-refractivity contribution in [1.82, 2.24) is 5.32 Å². The Morgan fingerprint density at radius 2 is 2.06 bits per heavy atom. The Balaban J connectivity index is 2.75. The molecule has 1 rings (SSSR count). The normalized spacial score (nSPS) is 12.2. The van der Waals surface area contributed by atoms with Crippen LogP contribution < -0.4 is 5.32 Å². The van der Waals surface area contributed by atoms with Gasteiger partial charge in [-0.1, -0.05) is 12.1 Å². The highest BCUT2D eigenvalue weighted by atomic mass is 19.1. The molecule has 0 bridgehead atoms. The average Bonchev–Trinajstić information content (AvgIpc) is 2.36. The molecule has 0 aliphatic heterocycles. The molecular weight excluding hydrogens is 237 g/mol. The second-order valence-electron chi connectivity index (χ2n) is 3.68. The fourth-order valence-electron chi connectivity index (χ4n) is 1.52. The summed E-state index contributed by atoms with van der Waals surface area (Å²) in [6.07, 6.45) is 0. The van der Waals surface area contributed by atoms with Crippen molar-refractivity contribution < 1.29 is 18.7 Å². The van der Waals surface area contributed by atoms with Crippen LogP contribution in [0.3, 0.4) is 0 Å². The number of hydrogen-bond donors (Lipinski definition) is 1. The molecule has 0 saturated carbocycles. The fraction of sp³-hybridized carbons (Fsp3) is 0.462. The van der Waals surface area contributed by atoms with Crippen molar-refractivity contribution >= 4 is 5.97 Å². The highest BCUT2D eigenvalue weighted by molar-refractivity contribution is 5.77. The molecule has 1 aromatic carbocycles. The summed E-state index contributed by atoms with van der Waals surface area (Å²) in [5.41, 5.74) is 0.672. The predicted octanol–water partition coefficient (Wildman–Crippen LogP) is 1.67. The van der Waals surface area contributed by atoms with Crippen molar-refractivity contribution in [3.63, 3.8) is 0 Å². The maximum atomic E-state index is 12.8. The lowest BCUT2D eigenvalue weighted by atomic mass is 10.1.